The second kappa shape index (κ2) is 5.97. The first kappa shape index (κ1) is 13.7. The van der Waals surface area contributed by atoms with Gasteiger partial charge in [0.25, 0.3) is 0 Å². The van der Waals surface area contributed by atoms with Gasteiger partial charge in [-0.15, -0.1) is 0 Å². The molecule has 0 bridgehead atoms. The standard InChI is InChI=1S/C14H16BrNOS/c1-9-7-18-8-12(9)14(17)11(6-16)10-4-2-3-5-13(10)15/h2-5,7-8,11,14,17H,6,16H2,1H3. The third-order valence-corrected chi connectivity index (χ3v) is 4.76. The van der Waals surface area contributed by atoms with Gasteiger partial charge >= 0.3 is 0 Å². The van der Waals surface area contributed by atoms with Crippen LogP contribution in [-0.4, -0.2) is 11.7 Å². The van der Waals surface area contributed by atoms with Crippen LogP contribution < -0.4 is 5.73 Å². The molecule has 1 aromatic carbocycles. The number of benzene rings is 1. The molecule has 2 nitrogen and oxygen atoms in total. The zero-order valence-electron chi connectivity index (χ0n) is 10.1. The molecule has 2 rings (SSSR count). The van der Waals surface area contributed by atoms with Gasteiger partial charge in [-0.2, -0.15) is 11.3 Å². The van der Waals surface area contributed by atoms with Crippen molar-refractivity contribution in [2.45, 2.75) is 18.9 Å². The van der Waals surface area contributed by atoms with Crippen molar-refractivity contribution in [3.05, 3.63) is 56.2 Å². The van der Waals surface area contributed by atoms with Crippen LogP contribution in [0.1, 0.15) is 28.7 Å². The fourth-order valence-electron chi connectivity index (χ4n) is 2.09. The van der Waals surface area contributed by atoms with Crippen LogP contribution in [-0.2, 0) is 0 Å². The van der Waals surface area contributed by atoms with E-state index in [1.165, 1.54) is 0 Å². The highest BCUT2D eigenvalue weighted by molar-refractivity contribution is 9.10. The van der Waals surface area contributed by atoms with Gasteiger partial charge in [0.1, 0.15) is 0 Å². The van der Waals surface area contributed by atoms with E-state index < -0.39 is 6.10 Å². The van der Waals surface area contributed by atoms with Gasteiger partial charge in [-0.1, -0.05) is 34.1 Å². The molecule has 2 atom stereocenters. The maximum atomic E-state index is 10.5. The van der Waals surface area contributed by atoms with E-state index in [0.29, 0.717) is 6.54 Å². The van der Waals surface area contributed by atoms with Crippen LogP contribution in [0.5, 0.6) is 0 Å². The number of nitrogens with two attached hydrogens (primary N) is 1. The van der Waals surface area contributed by atoms with Crippen LogP contribution in [0.4, 0.5) is 0 Å². The highest BCUT2D eigenvalue weighted by Crippen LogP contribution is 2.36. The number of hydrogen-bond donors (Lipinski definition) is 2. The average Bonchev–Trinajstić information content (AvgIpc) is 2.78. The summed E-state index contributed by atoms with van der Waals surface area (Å²) in [6.07, 6.45) is -0.556. The van der Waals surface area contributed by atoms with E-state index >= 15 is 0 Å². The summed E-state index contributed by atoms with van der Waals surface area (Å²) in [5.74, 6) is -0.0890. The van der Waals surface area contributed by atoms with Crippen molar-refractivity contribution in [1.29, 1.82) is 0 Å². The predicted molar refractivity (Wildman–Crippen MR) is 80.0 cm³/mol. The summed E-state index contributed by atoms with van der Waals surface area (Å²) in [6.45, 7) is 2.43. The number of aliphatic hydroxyl groups excluding tert-OH is 1. The minimum atomic E-state index is -0.556. The predicted octanol–water partition coefficient (Wildman–Crippen LogP) is 3.59. The Balaban J connectivity index is 2.35. The van der Waals surface area contributed by atoms with E-state index in [1.54, 1.807) is 11.3 Å². The Kier molecular flexibility index (Phi) is 4.56. The van der Waals surface area contributed by atoms with E-state index in [1.807, 2.05) is 41.9 Å². The Morgan fingerprint density at radius 2 is 2.00 bits per heavy atom. The second-order valence-corrected chi connectivity index (χ2v) is 5.92. The molecule has 0 aliphatic heterocycles. The molecule has 0 saturated carbocycles. The zero-order valence-corrected chi connectivity index (χ0v) is 12.5. The quantitative estimate of drug-likeness (QED) is 0.902. The molecule has 0 aliphatic carbocycles. The lowest BCUT2D eigenvalue weighted by atomic mass is 9.89. The fourth-order valence-corrected chi connectivity index (χ4v) is 3.55. The number of rotatable bonds is 4. The average molecular weight is 326 g/mol. The van der Waals surface area contributed by atoms with Crippen molar-refractivity contribution >= 4 is 27.3 Å². The summed E-state index contributed by atoms with van der Waals surface area (Å²) >= 11 is 5.13. The van der Waals surface area contributed by atoms with Gasteiger partial charge in [-0.25, -0.2) is 0 Å². The van der Waals surface area contributed by atoms with Gasteiger partial charge in [0.15, 0.2) is 0 Å². The molecule has 2 aromatic rings. The van der Waals surface area contributed by atoms with Crippen LogP contribution in [0.3, 0.4) is 0 Å². The van der Waals surface area contributed by atoms with Crippen molar-refractivity contribution in [2.24, 2.45) is 5.73 Å². The van der Waals surface area contributed by atoms with Crippen LogP contribution in [0.15, 0.2) is 39.5 Å². The molecule has 0 aliphatic rings. The Morgan fingerprint density at radius 3 is 2.56 bits per heavy atom. The summed E-state index contributed by atoms with van der Waals surface area (Å²) in [7, 11) is 0. The van der Waals surface area contributed by atoms with E-state index in [0.717, 1.165) is 21.2 Å². The maximum Gasteiger partial charge on any atom is 0.0881 e. The van der Waals surface area contributed by atoms with Crippen molar-refractivity contribution in [3.63, 3.8) is 0 Å². The molecule has 0 amide bonds. The van der Waals surface area contributed by atoms with Crippen LogP contribution in [0, 0.1) is 6.92 Å². The number of thiophene rings is 1. The molecule has 96 valence electrons. The topological polar surface area (TPSA) is 46.2 Å². The maximum absolute atomic E-state index is 10.5. The minimum absolute atomic E-state index is 0.0890. The summed E-state index contributed by atoms with van der Waals surface area (Å²) < 4.78 is 0.993. The Hall–Kier alpha value is -0.680. The van der Waals surface area contributed by atoms with Crippen LogP contribution in [0.2, 0.25) is 0 Å². The second-order valence-electron chi connectivity index (χ2n) is 4.32. The molecule has 1 aromatic heterocycles. The van der Waals surface area contributed by atoms with Gasteiger partial charge in [0.2, 0.25) is 0 Å². The highest BCUT2D eigenvalue weighted by Gasteiger charge is 2.24. The Morgan fingerprint density at radius 1 is 1.28 bits per heavy atom. The van der Waals surface area contributed by atoms with Gasteiger partial charge in [0, 0.05) is 16.9 Å². The SMILES string of the molecule is Cc1cscc1C(O)C(CN)c1ccccc1Br. The van der Waals surface area contributed by atoms with Crippen molar-refractivity contribution in [1.82, 2.24) is 0 Å². The number of aliphatic hydroxyl groups is 1. The van der Waals surface area contributed by atoms with Crippen LogP contribution in [0.25, 0.3) is 0 Å². The number of aryl methyl sites for hydroxylation is 1. The van der Waals surface area contributed by atoms with E-state index in [4.69, 9.17) is 5.73 Å². The molecule has 18 heavy (non-hydrogen) atoms. The number of halogens is 1. The lowest BCUT2D eigenvalue weighted by Crippen LogP contribution is -2.20. The molecule has 3 N–H and O–H groups in total. The van der Waals surface area contributed by atoms with Crippen molar-refractivity contribution in [3.8, 4) is 0 Å². The molecule has 2 unspecified atom stereocenters. The zero-order chi connectivity index (χ0) is 13.1. The minimum Gasteiger partial charge on any atom is -0.388 e. The summed E-state index contributed by atoms with van der Waals surface area (Å²) in [5.41, 5.74) is 9.01. The molecule has 0 saturated heterocycles. The third kappa shape index (κ3) is 2.67. The molecule has 0 radical (unpaired) electrons. The first-order valence-corrected chi connectivity index (χ1v) is 7.54. The highest BCUT2D eigenvalue weighted by atomic mass is 79.9. The first-order valence-electron chi connectivity index (χ1n) is 5.80. The molecule has 0 fully saturated rings. The van der Waals surface area contributed by atoms with E-state index in [2.05, 4.69) is 15.9 Å². The summed E-state index contributed by atoms with van der Waals surface area (Å²) in [5, 5.41) is 14.6. The van der Waals surface area contributed by atoms with Gasteiger partial charge < -0.3 is 10.8 Å². The summed E-state index contributed by atoms with van der Waals surface area (Å²) in [4.78, 5) is 0. The van der Waals surface area contributed by atoms with Crippen molar-refractivity contribution < 1.29 is 5.11 Å². The fraction of sp³-hybridized carbons (Fsp3) is 0.286. The number of hydrogen-bond acceptors (Lipinski definition) is 3. The first-order chi connectivity index (χ1) is 8.65. The summed E-state index contributed by atoms with van der Waals surface area (Å²) in [6, 6.07) is 7.91. The smallest absolute Gasteiger partial charge is 0.0881 e. The van der Waals surface area contributed by atoms with Gasteiger partial charge in [0.05, 0.1) is 6.10 Å². The Labute approximate surface area is 120 Å². The monoisotopic (exact) mass is 325 g/mol. The van der Waals surface area contributed by atoms with Gasteiger partial charge in [-0.05, 0) is 40.4 Å². The van der Waals surface area contributed by atoms with Gasteiger partial charge in [-0.3, -0.25) is 0 Å². The van der Waals surface area contributed by atoms with E-state index in [9.17, 15) is 5.11 Å². The largest absolute Gasteiger partial charge is 0.388 e. The van der Waals surface area contributed by atoms with Crippen LogP contribution >= 0.6 is 27.3 Å². The Bertz CT molecular complexity index is 526. The lowest BCUT2D eigenvalue weighted by molar-refractivity contribution is 0.147. The molecule has 1 heterocycles. The third-order valence-electron chi connectivity index (χ3n) is 3.15. The van der Waals surface area contributed by atoms with E-state index in [-0.39, 0.29) is 5.92 Å². The lowest BCUT2D eigenvalue weighted by Gasteiger charge is -2.23. The normalized spacial score (nSPS) is 14.4. The molecule has 0 spiro atoms. The molecule has 4 heteroatoms. The molecular weight excluding hydrogens is 310 g/mol. The molecular formula is C14H16BrNOS. The van der Waals surface area contributed by atoms with Crippen molar-refractivity contribution in [2.75, 3.05) is 6.54 Å².